The maximum atomic E-state index is 14.1. The van der Waals surface area contributed by atoms with E-state index in [-0.39, 0.29) is 23.5 Å². The van der Waals surface area contributed by atoms with Gasteiger partial charge >= 0.3 is 5.92 Å². The molecule has 2 fully saturated rings. The molecule has 2 aromatic heterocycles. The maximum absolute atomic E-state index is 14.1. The smallest absolute Gasteiger partial charge is 0.304 e. The largest absolute Gasteiger partial charge is 0.474 e. The fourth-order valence-corrected chi connectivity index (χ4v) is 4.24. The van der Waals surface area contributed by atoms with Crippen molar-refractivity contribution in [3.8, 4) is 5.88 Å². The van der Waals surface area contributed by atoms with Crippen LogP contribution in [0.2, 0.25) is 5.15 Å². The first-order valence-electron chi connectivity index (χ1n) is 9.68. The van der Waals surface area contributed by atoms with Gasteiger partial charge in [0.2, 0.25) is 11.7 Å². The molecule has 0 atom stereocenters. The summed E-state index contributed by atoms with van der Waals surface area (Å²) in [7, 11) is 1.65. The Hall–Kier alpha value is -2.06. The SMILES string of the molecule is COC1CC(Oc2cc(N3CC4(CC4)c4cnc(Cl)cc43)nc(C(C)(F)F)n2)C1. The number of alkyl halides is 2. The van der Waals surface area contributed by atoms with Gasteiger partial charge in [0.25, 0.3) is 0 Å². The number of hydrogen-bond acceptors (Lipinski definition) is 6. The molecule has 5 rings (SSSR count). The molecule has 0 N–H and O–H groups in total. The van der Waals surface area contributed by atoms with E-state index in [2.05, 4.69) is 15.0 Å². The summed E-state index contributed by atoms with van der Waals surface area (Å²) in [5.74, 6) is -3.18. The predicted octanol–water partition coefficient (Wildman–Crippen LogP) is 4.38. The first kappa shape index (κ1) is 18.9. The molecule has 0 bridgehead atoms. The van der Waals surface area contributed by atoms with Crippen LogP contribution in [0.15, 0.2) is 18.3 Å². The van der Waals surface area contributed by atoms with Crippen LogP contribution in [-0.4, -0.2) is 40.8 Å². The molecule has 1 spiro atoms. The lowest BCUT2D eigenvalue weighted by atomic mass is 9.92. The van der Waals surface area contributed by atoms with Gasteiger partial charge in [-0.25, -0.2) is 9.97 Å². The van der Waals surface area contributed by atoms with E-state index in [9.17, 15) is 8.78 Å². The van der Waals surface area contributed by atoms with Crippen molar-refractivity contribution >= 4 is 23.1 Å². The van der Waals surface area contributed by atoms with Gasteiger partial charge < -0.3 is 14.4 Å². The van der Waals surface area contributed by atoms with Crippen LogP contribution in [0.5, 0.6) is 5.88 Å². The Balaban J connectivity index is 1.52. The van der Waals surface area contributed by atoms with Gasteiger partial charge in [-0.2, -0.15) is 13.8 Å². The molecule has 2 aromatic rings. The average Bonchev–Trinajstić information content (AvgIpc) is 3.34. The lowest BCUT2D eigenvalue weighted by molar-refractivity contribution is -0.0408. The van der Waals surface area contributed by atoms with Crippen LogP contribution in [0.3, 0.4) is 0 Å². The number of halogens is 3. The molecule has 9 heteroatoms. The van der Waals surface area contributed by atoms with Gasteiger partial charge in [0, 0.05) is 56.7 Å². The van der Waals surface area contributed by atoms with E-state index < -0.39 is 11.7 Å². The summed E-state index contributed by atoms with van der Waals surface area (Å²) in [4.78, 5) is 14.3. The second kappa shape index (κ2) is 6.47. The molecule has 0 saturated heterocycles. The van der Waals surface area contributed by atoms with E-state index >= 15 is 0 Å². The summed E-state index contributed by atoms with van der Waals surface area (Å²) in [6.45, 7) is 1.45. The number of hydrogen-bond donors (Lipinski definition) is 0. The van der Waals surface area contributed by atoms with E-state index in [0.717, 1.165) is 31.0 Å². The van der Waals surface area contributed by atoms with Crippen molar-refractivity contribution in [2.24, 2.45) is 0 Å². The number of ether oxygens (including phenoxy) is 2. The number of rotatable bonds is 5. The Kier molecular flexibility index (Phi) is 4.22. The van der Waals surface area contributed by atoms with Crippen molar-refractivity contribution in [1.29, 1.82) is 0 Å². The van der Waals surface area contributed by atoms with Crippen LogP contribution in [0.25, 0.3) is 0 Å². The van der Waals surface area contributed by atoms with E-state index in [4.69, 9.17) is 21.1 Å². The number of methoxy groups -OCH3 is 1. The number of fused-ring (bicyclic) bond motifs is 2. The monoisotopic (exact) mass is 422 g/mol. The number of pyridine rings is 1. The highest BCUT2D eigenvalue weighted by atomic mass is 35.5. The van der Waals surface area contributed by atoms with Gasteiger partial charge in [-0.3, -0.25) is 0 Å². The second-order valence-corrected chi connectivity index (χ2v) is 8.62. The molecule has 29 heavy (non-hydrogen) atoms. The van der Waals surface area contributed by atoms with Crippen LogP contribution in [0, 0.1) is 0 Å². The molecule has 1 aliphatic heterocycles. The first-order chi connectivity index (χ1) is 13.8. The maximum Gasteiger partial charge on any atom is 0.304 e. The topological polar surface area (TPSA) is 60.4 Å². The third kappa shape index (κ3) is 3.32. The minimum absolute atomic E-state index is 0.00739. The normalized spacial score (nSPS) is 24.4. The lowest BCUT2D eigenvalue weighted by Gasteiger charge is -2.34. The summed E-state index contributed by atoms with van der Waals surface area (Å²) < 4.78 is 39.4. The third-order valence-corrected chi connectivity index (χ3v) is 6.26. The zero-order valence-corrected chi connectivity index (χ0v) is 16.9. The lowest BCUT2D eigenvalue weighted by Crippen LogP contribution is -2.39. The van der Waals surface area contributed by atoms with Gasteiger partial charge in [0.15, 0.2) is 0 Å². The van der Waals surface area contributed by atoms with Crippen LogP contribution in [-0.2, 0) is 16.1 Å². The highest BCUT2D eigenvalue weighted by Gasteiger charge is 2.53. The Bertz CT molecular complexity index is 958. The van der Waals surface area contributed by atoms with E-state index in [0.29, 0.717) is 30.4 Å². The van der Waals surface area contributed by atoms with Crippen molar-refractivity contribution < 1.29 is 18.3 Å². The molecule has 0 aromatic carbocycles. The minimum Gasteiger partial charge on any atom is -0.474 e. The number of nitrogens with zero attached hydrogens (tertiary/aromatic N) is 4. The molecular weight excluding hydrogens is 402 g/mol. The third-order valence-electron chi connectivity index (χ3n) is 6.06. The quantitative estimate of drug-likeness (QED) is 0.666. The van der Waals surface area contributed by atoms with Gasteiger partial charge in [-0.05, 0) is 18.9 Å². The van der Waals surface area contributed by atoms with E-state index in [1.54, 1.807) is 25.4 Å². The molecule has 0 radical (unpaired) electrons. The van der Waals surface area contributed by atoms with Crippen LogP contribution < -0.4 is 9.64 Å². The molecule has 3 aliphatic rings. The van der Waals surface area contributed by atoms with Crippen LogP contribution >= 0.6 is 11.6 Å². The molecule has 154 valence electrons. The summed E-state index contributed by atoms with van der Waals surface area (Å²) in [5.41, 5.74) is 1.96. The van der Waals surface area contributed by atoms with Gasteiger partial charge in [0.05, 0.1) is 11.8 Å². The Morgan fingerprint density at radius 1 is 1.21 bits per heavy atom. The molecular formula is C20H21ClF2N4O2. The first-order valence-corrected chi connectivity index (χ1v) is 10.1. The summed E-state index contributed by atoms with van der Waals surface area (Å²) in [5, 5.41) is 0.359. The Morgan fingerprint density at radius 3 is 2.62 bits per heavy atom. The van der Waals surface area contributed by atoms with Gasteiger partial charge in [0.1, 0.15) is 17.1 Å². The molecule has 2 saturated carbocycles. The summed E-state index contributed by atoms with van der Waals surface area (Å²) in [6, 6.07) is 3.40. The number of aromatic nitrogens is 3. The molecule has 3 heterocycles. The van der Waals surface area contributed by atoms with Crippen molar-refractivity contribution in [3.05, 3.63) is 34.9 Å². The van der Waals surface area contributed by atoms with Crippen molar-refractivity contribution in [3.63, 3.8) is 0 Å². The summed E-state index contributed by atoms with van der Waals surface area (Å²) >= 11 is 6.12. The van der Waals surface area contributed by atoms with Gasteiger partial charge in [-0.1, -0.05) is 11.6 Å². The molecule has 0 unspecified atom stereocenters. The average molecular weight is 423 g/mol. The van der Waals surface area contributed by atoms with Crippen LogP contribution in [0.4, 0.5) is 20.3 Å². The van der Waals surface area contributed by atoms with Crippen LogP contribution in [0.1, 0.15) is 44.0 Å². The molecule has 6 nitrogen and oxygen atoms in total. The predicted molar refractivity (Wildman–Crippen MR) is 103 cm³/mol. The fourth-order valence-electron chi connectivity index (χ4n) is 4.09. The molecule has 0 amide bonds. The summed E-state index contributed by atoms with van der Waals surface area (Å²) in [6.07, 6.45) is 5.33. The van der Waals surface area contributed by atoms with E-state index in [1.807, 2.05) is 4.90 Å². The second-order valence-electron chi connectivity index (χ2n) is 8.24. The highest BCUT2D eigenvalue weighted by Crippen LogP contribution is 2.58. The Labute approximate surface area is 172 Å². The number of anilines is 2. The Morgan fingerprint density at radius 2 is 1.97 bits per heavy atom. The van der Waals surface area contributed by atoms with Crippen molar-refractivity contribution in [2.75, 3.05) is 18.6 Å². The highest BCUT2D eigenvalue weighted by molar-refractivity contribution is 6.29. The molecule has 2 aliphatic carbocycles. The van der Waals surface area contributed by atoms with Crippen molar-refractivity contribution in [1.82, 2.24) is 15.0 Å². The van der Waals surface area contributed by atoms with Gasteiger partial charge in [-0.15, -0.1) is 0 Å². The zero-order chi connectivity index (χ0) is 20.4. The standard InChI is InChI=1S/C20H21ClF2N4O2/c1-19(22,23)18-25-16(8-17(26-18)29-12-5-11(6-12)28-2)27-10-20(3-4-20)13-9-24-15(21)7-14(13)27/h7-9,11-12H,3-6,10H2,1-2H3. The van der Waals surface area contributed by atoms with Crippen molar-refractivity contribution in [2.45, 2.75) is 56.2 Å². The minimum atomic E-state index is -3.18. The van der Waals surface area contributed by atoms with E-state index in [1.165, 1.54) is 0 Å². The zero-order valence-electron chi connectivity index (χ0n) is 16.2. The fraction of sp³-hybridized carbons (Fsp3) is 0.550.